The molecule has 0 aromatic heterocycles. The molecule has 6 nitrogen and oxygen atoms in total. The van der Waals surface area contributed by atoms with E-state index in [2.05, 4.69) is 0 Å². The van der Waals surface area contributed by atoms with Gasteiger partial charge in [0.05, 0.1) is 23.7 Å². The number of anilines is 1. The van der Waals surface area contributed by atoms with E-state index in [0.29, 0.717) is 0 Å². The van der Waals surface area contributed by atoms with Crippen molar-refractivity contribution < 1.29 is 19.2 Å². The summed E-state index contributed by atoms with van der Waals surface area (Å²) < 4.78 is 17.7. The molecule has 100 valence electrons. The number of halogens is 1. The van der Waals surface area contributed by atoms with E-state index >= 15 is 0 Å². The lowest BCUT2D eigenvalue weighted by Gasteiger charge is -2.22. The Hall–Kier alpha value is -1.73. The summed E-state index contributed by atoms with van der Waals surface area (Å²) in [4.78, 5) is 11.6. The molecule has 1 aromatic rings. The summed E-state index contributed by atoms with van der Waals surface area (Å²) >= 11 is 0. The minimum atomic E-state index is -0.773. The molecule has 0 aliphatic carbocycles. The number of hydrogen-bond donors (Lipinski definition) is 1. The third-order valence-electron chi connectivity index (χ3n) is 2.39. The summed E-state index contributed by atoms with van der Waals surface area (Å²) in [6.45, 7) is 0.277. The maximum absolute atomic E-state index is 13.0. The first-order valence-electron chi connectivity index (χ1n) is 5.27. The molecule has 0 heterocycles. The van der Waals surface area contributed by atoms with Gasteiger partial charge in [0.2, 0.25) is 0 Å². The van der Waals surface area contributed by atoms with E-state index in [1.807, 2.05) is 0 Å². The molecule has 0 aliphatic rings. The van der Waals surface area contributed by atoms with Crippen LogP contribution in [0.1, 0.15) is 0 Å². The molecule has 1 N–H and O–H groups in total. The molecular weight excluding hydrogens is 243 g/mol. The predicted molar refractivity (Wildman–Crippen MR) is 64.2 cm³/mol. The highest BCUT2D eigenvalue weighted by Gasteiger charge is 2.19. The van der Waals surface area contributed by atoms with Crippen LogP contribution in [0.3, 0.4) is 0 Å². The molecule has 18 heavy (non-hydrogen) atoms. The first kappa shape index (κ1) is 14.3. The van der Waals surface area contributed by atoms with E-state index < -0.39 is 16.8 Å². The van der Waals surface area contributed by atoms with Gasteiger partial charge in [0, 0.05) is 20.7 Å². The van der Waals surface area contributed by atoms with Crippen LogP contribution in [0.15, 0.2) is 18.2 Å². The summed E-state index contributed by atoms with van der Waals surface area (Å²) in [6.07, 6.45) is -0.773. The Kier molecular flexibility index (Phi) is 4.99. The smallest absolute Gasteiger partial charge is 0.295 e. The van der Waals surface area contributed by atoms with Gasteiger partial charge in [0.1, 0.15) is 11.5 Å². The lowest BCUT2D eigenvalue weighted by molar-refractivity contribution is -0.384. The van der Waals surface area contributed by atoms with E-state index in [9.17, 15) is 19.6 Å². The van der Waals surface area contributed by atoms with Gasteiger partial charge in [-0.25, -0.2) is 4.39 Å². The van der Waals surface area contributed by atoms with E-state index in [-0.39, 0.29) is 24.5 Å². The normalized spacial score (nSPS) is 12.2. The lowest BCUT2D eigenvalue weighted by atomic mass is 10.2. The van der Waals surface area contributed by atoms with Crippen LogP contribution in [0.5, 0.6) is 0 Å². The molecule has 1 unspecified atom stereocenters. The number of nitro groups is 1. The summed E-state index contributed by atoms with van der Waals surface area (Å²) in [5.74, 6) is -0.670. The highest BCUT2D eigenvalue weighted by Crippen LogP contribution is 2.27. The van der Waals surface area contributed by atoms with Crippen LogP contribution in [-0.4, -0.2) is 43.4 Å². The number of nitro benzene ring substituents is 1. The van der Waals surface area contributed by atoms with Gasteiger partial charge < -0.3 is 14.7 Å². The molecule has 1 atom stereocenters. The number of ether oxygens (including phenoxy) is 1. The SMILES string of the molecule is COCC(O)CN(C)c1ccc(F)cc1[N+](=O)[O-]. The molecule has 1 rings (SSSR count). The first-order valence-corrected chi connectivity index (χ1v) is 5.27. The molecule has 0 saturated carbocycles. The summed E-state index contributed by atoms with van der Waals surface area (Å²) in [5.41, 5.74) is -0.0846. The molecule has 0 saturated heterocycles. The van der Waals surface area contributed by atoms with Gasteiger partial charge in [-0.2, -0.15) is 0 Å². The molecule has 7 heteroatoms. The van der Waals surface area contributed by atoms with Gasteiger partial charge in [-0.15, -0.1) is 0 Å². The van der Waals surface area contributed by atoms with Gasteiger partial charge in [0.25, 0.3) is 5.69 Å². The fraction of sp³-hybridized carbons (Fsp3) is 0.455. The number of rotatable bonds is 6. The molecule has 0 spiro atoms. The topological polar surface area (TPSA) is 75.8 Å². The van der Waals surface area contributed by atoms with Crippen molar-refractivity contribution in [1.29, 1.82) is 0 Å². The molecule has 0 radical (unpaired) electrons. The minimum Gasteiger partial charge on any atom is -0.389 e. The number of methoxy groups -OCH3 is 1. The molecule has 1 aromatic carbocycles. The lowest BCUT2D eigenvalue weighted by Crippen LogP contribution is -2.32. The minimum absolute atomic E-state index is 0.124. The van der Waals surface area contributed by atoms with Crippen molar-refractivity contribution in [3.63, 3.8) is 0 Å². The summed E-state index contributed by atoms with van der Waals surface area (Å²) in [5, 5.41) is 20.4. The van der Waals surface area contributed by atoms with Gasteiger partial charge in [-0.3, -0.25) is 10.1 Å². The Balaban J connectivity index is 2.91. The Morgan fingerprint density at radius 1 is 1.61 bits per heavy atom. The number of aliphatic hydroxyl groups is 1. The standard InChI is InChI=1S/C11H15FN2O4/c1-13(6-9(15)7-18-2)10-4-3-8(12)5-11(10)14(16)17/h3-5,9,15H,6-7H2,1-2H3. The third-order valence-corrected chi connectivity index (χ3v) is 2.39. The zero-order valence-electron chi connectivity index (χ0n) is 10.2. The van der Waals surface area contributed by atoms with E-state index in [1.165, 1.54) is 18.1 Å². The third kappa shape index (κ3) is 3.64. The van der Waals surface area contributed by atoms with Crippen LogP contribution in [0.4, 0.5) is 15.8 Å². The van der Waals surface area contributed by atoms with Gasteiger partial charge in [-0.1, -0.05) is 0 Å². The monoisotopic (exact) mass is 258 g/mol. The fourth-order valence-electron chi connectivity index (χ4n) is 1.63. The van der Waals surface area contributed by atoms with Crippen molar-refractivity contribution >= 4 is 11.4 Å². The van der Waals surface area contributed by atoms with Crippen molar-refractivity contribution in [2.75, 3.05) is 32.2 Å². The van der Waals surface area contributed by atoms with Crippen LogP contribution in [0.2, 0.25) is 0 Å². The van der Waals surface area contributed by atoms with Crippen LogP contribution in [0, 0.1) is 15.9 Å². The van der Waals surface area contributed by atoms with Crippen LogP contribution >= 0.6 is 0 Å². The van der Waals surface area contributed by atoms with Crippen molar-refractivity contribution in [2.45, 2.75) is 6.10 Å². The second kappa shape index (κ2) is 6.27. The van der Waals surface area contributed by atoms with Crippen molar-refractivity contribution in [3.8, 4) is 0 Å². The average Bonchev–Trinajstić information content (AvgIpc) is 2.28. The number of hydrogen-bond acceptors (Lipinski definition) is 5. The van der Waals surface area contributed by atoms with E-state index in [1.54, 1.807) is 7.05 Å². The predicted octanol–water partition coefficient (Wildman–Crippen LogP) is 1.18. The number of likely N-dealkylation sites (N-methyl/N-ethyl adjacent to an activating group) is 1. The quantitative estimate of drug-likeness (QED) is 0.612. The van der Waals surface area contributed by atoms with E-state index in [0.717, 1.165) is 12.1 Å². The van der Waals surface area contributed by atoms with Crippen molar-refractivity contribution in [2.24, 2.45) is 0 Å². The molecular formula is C11H15FN2O4. The zero-order valence-corrected chi connectivity index (χ0v) is 10.2. The highest BCUT2D eigenvalue weighted by molar-refractivity contribution is 5.62. The Labute approximate surface area is 104 Å². The molecule has 0 fully saturated rings. The molecule has 0 bridgehead atoms. The highest BCUT2D eigenvalue weighted by atomic mass is 19.1. The van der Waals surface area contributed by atoms with Crippen LogP contribution in [0.25, 0.3) is 0 Å². The van der Waals surface area contributed by atoms with Gasteiger partial charge in [0.15, 0.2) is 0 Å². The number of nitrogens with zero attached hydrogens (tertiary/aromatic N) is 2. The molecule has 0 amide bonds. The van der Waals surface area contributed by atoms with Crippen molar-refractivity contribution in [1.82, 2.24) is 0 Å². The first-order chi connectivity index (χ1) is 8.45. The van der Waals surface area contributed by atoms with Crippen LogP contribution in [-0.2, 0) is 4.74 Å². The maximum Gasteiger partial charge on any atom is 0.295 e. The van der Waals surface area contributed by atoms with Crippen LogP contribution < -0.4 is 4.90 Å². The molecule has 0 aliphatic heterocycles. The Morgan fingerprint density at radius 2 is 2.28 bits per heavy atom. The number of aliphatic hydroxyl groups excluding tert-OH is 1. The fourth-order valence-corrected chi connectivity index (χ4v) is 1.63. The number of benzene rings is 1. The summed E-state index contributed by atoms with van der Waals surface area (Å²) in [6, 6.07) is 3.31. The Morgan fingerprint density at radius 3 is 2.83 bits per heavy atom. The van der Waals surface area contributed by atoms with E-state index in [4.69, 9.17) is 4.74 Å². The van der Waals surface area contributed by atoms with Gasteiger partial charge in [-0.05, 0) is 12.1 Å². The van der Waals surface area contributed by atoms with Crippen molar-refractivity contribution in [3.05, 3.63) is 34.1 Å². The summed E-state index contributed by atoms with van der Waals surface area (Å²) in [7, 11) is 3.03. The average molecular weight is 258 g/mol. The zero-order chi connectivity index (χ0) is 13.7. The second-order valence-electron chi connectivity index (χ2n) is 3.88. The Bertz CT molecular complexity index is 428. The second-order valence-corrected chi connectivity index (χ2v) is 3.88. The van der Waals surface area contributed by atoms with Gasteiger partial charge >= 0.3 is 0 Å². The largest absolute Gasteiger partial charge is 0.389 e. The maximum atomic E-state index is 13.0.